The number of urea groups is 1. The summed E-state index contributed by atoms with van der Waals surface area (Å²) in [4.78, 5) is 43.4. The van der Waals surface area contributed by atoms with E-state index in [-0.39, 0.29) is 43.9 Å². The van der Waals surface area contributed by atoms with Crippen LogP contribution in [0.5, 0.6) is 0 Å². The summed E-state index contributed by atoms with van der Waals surface area (Å²) < 4.78 is 27.5. The highest BCUT2D eigenvalue weighted by molar-refractivity contribution is 7.89. The molecule has 3 aromatic rings. The zero-order valence-electron chi connectivity index (χ0n) is 23.6. The standard InChI is InChI=1S/C29H38N6O6S/c1-20-9-11-22(12-10-20)42(40,41)35-16-14-34(15-17-35)29(39)33-26(18-21-19-31-24-7-3-2-6-23(21)24)27(36)32-25(28(37)38)8-4-5-13-30/h2-3,6-7,9-12,19,25-26,31H,4-5,8,13-18,30H2,1H3,(H,32,36)(H,33,39)(H,37,38). The maximum Gasteiger partial charge on any atom is 0.326 e. The summed E-state index contributed by atoms with van der Waals surface area (Å²) in [6.45, 7) is 2.77. The van der Waals surface area contributed by atoms with E-state index in [1.165, 1.54) is 9.21 Å². The zero-order chi connectivity index (χ0) is 30.3. The zero-order valence-corrected chi connectivity index (χ0v) is 24.4. The lowest BCUT2D eigenvalue weighted by molar-refractivity contribution is -0.142. The summed E-state index contributed by atoms with van der Waals surface area (Å²) in [6, 6.07) is 11.4. The Morgan fingerprint density at radius 2 is 1.67 bits per heavy atom. The molecule has 1 aliphatic rings. The summed E-state index contributed by atoms with van der Waals surface area (Å²) in [7, 11) is -3.71. The Morgan fingerprint density at radius 3 is 2.33 bits per heavy atom. The van der Waals surface area contributed by atoms with Crippen molar-refractivity contribution in [2.75, 3.05) is 32.7 Å². The second-order valence-corrected chi connectivity index (χ2v) is 12.4. The van der Waals surface area contributed by atoms with E-state index in [1.54, 1.807) is 30.5 Å². The van der Waals surface area contributed by atoms with E-state index in [4.69, 9.17) is 5.73 Å². The van der Waals surface area contributed by atoms with Gasteiger partial charge in [0, 0.05) is 49.7 Å². The van der Waals surface area contributed by atoms with Gasteiger partial charge in [0.25, 0.3) is 0 Å². The van der Waals surface area contributed by atoms with Gasteiger partial charge in [-0.05, 0) is 56.5 Å². The van der Waals surface area contributed by atoms with Gasteiger partial charge in [0.15, 0.2) is 0 Å². The Morgan fingerprint density at radius 1 is 0.976 bits per heavy atom. The van der Waals surface area contributed by atoms with E-state index in [0.717, 1.165) is 22.0 Å². The molecule has 1 saturated heterocycles. The number of nitrogens with zero attached hydrogens (tertiary/aromatic N) is 2. The predicted molar refractivity (Wildman–Crippen MR) is 158 cm³/mol. The van der Waals surface area contributed by atoms with Crippen molar-refractivity contribution >= 4 is 38.8 Å². The van der Waals surface area contributed by atoms with Crippen LogP contribution < -0.4 is 16.4 Å². The van der Waals surface area contributed by atoms with E-state index in [0.29, 0.717) is 19.4 Å². The molecule has 1 aromatic heterocycles. The van der Waals surface area contributed by atoms with Crippen LogP contribution in [0.2, 0.25) is 0 Å². The van der Waals surface area contributed by atoms with Gasteiger partial charge in [-0.2, -0.15) is 4.31 Å². The molecule has 4 rings (SSSR count). The number of fused-ring (bicyclic) bond motifs is 1. The molecule has 2 aromatic carbocycles. The first-order valence-electron chi connectivity index (χ1n) is 14.0. The third kappa shape index (κ3) is 7.46. The van der Waals surface area contributed by atoms with E-state index in [9.17, 15) is 27.9 Å². The van der Waals surface area contributed by atoms with E-state index in [2.05, 4.69) is 15.6 Å². The Hall–Kier alpha value is -3.94. The summed E-state index contributed by atoms with van der Waals surface area (Å²) in [5.41, 5.74) is 8.14. The molecule has 0 radical (unpaired) electrons. The van der Waals surface area contributed by atoms with E-state index >= 15 is 0 Å². The molecule has 0 spiro atoms. The Bertz CT molecular complexity index is 1500. The highest BCUT2D eigenvalue weighted by Crippen LogP contribution is 2.21. The largest absolute Gasteiger partial charge is 0.480 e. The number of aromatic nitrogens is 1. The highest BCUT2D eigenvalue weighted by Gasteiger charge is 2.33. The second kappa shape index (κ2) is 13.8. The van der Waals surface area contributed by atoms with Gasteiger partial charge in [0.1, 0.15) is 12.1 Å². The number of hydrogen-bond donors (Lipinski definition) is 5. The maximum absolute atomic E-state index is 13.4. The number of hydrogen-bond acceptors (Lipinski definition) is 6. The van der Waals surface area contributed by atoms with Crippen molar-refractivity contribution in [2.24, 2.45) is 5.73 Å². The first kappa shape index (κ1) is 31.0. The fourth-order valence-corrected chi connectivity index (χ4v) is 6.41. The molecule has 12 nitrogen and oxygen atoms in total. The van der Waals surface area contributed by atoms with Crippen LogP contribution in [-0.4, -0.2) is 90.4 Å². The van der Waals surface area contributed by atoms with Crippen molar-refractivity contribution in [3.8, 4) is 0 Å². The molecule has 0 aliphatic carbocycles. The molecule has 1 aliphatic heterocycles. The van der Waals surface area contributed by atoms with Crippen LogP contribution in [0, 0.1) is 6.92 Å². The molecule has 0 bridgehead atoms. The third-order valence-corrected chi connectivity index (χ3v) is 9.37. The molecule has 2 unspecified atom stereocenters. The molecule has 226 valence electrons. The predicted octanol–water partition coefficient (Wildman–Crippen LogP) is 1.80. The van der Waals surface area contributed by atoms with Crippen LogP contribution in [0.15, 0.2) is 59.6 Å². The number of carboxylic acid groups (broad SMARTS) is 1. The average Bonchev–Trinajstić information content (AvgIpc) is 3.39. The summed E-state index contributed by atoms with van der Waals surface area (Å²) in [5, 5.41) is 15.9. The van der Waals surface area contributed by atoms with Crippen LogP contribution in [0.25, 0.3) is 10.9 Å². The van der Waals surface area contributed by atoms with Gasteiger partial charge in [-0.1, -0.05) is 35.9 Å². The lowest BCUT2D eigenvalue weighted by Crippen LogP contribution is -2.58. The minimum absolute atomic E-state index is 0.102. The van der Waals surface area contributed by atoms with Crippen molar-refractivity contribution in [1.29, 1.82) is 0 Å². The number of nitrogens with two attached hydrogens (primary N) is 1. The Kier molecular flexibility index (Phi) is 10.2. The van der Waals surface area contributed by atoms with Crippen LogP contribution >= 0.6 is 0 Å². The lowest BCUT2D eigenvalue weighted by Gasteiger charge is -2.35. The van der Waals surface area contributed by atoms with Crippen molar-refractivity contribution in [3.63, 3.8) is 0 Å². The topological polar surface area (TPSA) is 178 Å². The number of aromatic amines is 1. The molecule has 3 amide bonds. The fraction of sp³-hybridized carbons (Fsp3) is 0.414. The van der Waals surface area contributed by atoms with Gasteiger partial charge in [-0.25, -0.2) is 18.0 Å². The van der Waals surface area contributed by atoms with E-state index < -0.39 is 40.0 Å². The number of aliphatic carboxylic acids is 1. The van der Waals surface area contributed by atoms with Gasteiger partial charge in [0.2, 0.25) is 15.9 Å². The van der Waals surface area contributed by atoms with Gasteiger partial charge < -0.3 is 31.4 Å². The first-order chi connectivity index (χ1) is 20.1. The minimum atomic E-state index is -3.71. The number of benzene rings is 2. The smallest absolute Gasteiger partial charge is 0.326 e. The number of H-pyrrole nitrogens is 1. The number of rotatable bonds is 12. The SMILES string of the molecule is Cc1ccc(S(=O)(=O)N2CCN(C(=O)NC(Cc3c[nH]c4ccccc34)C(=O)NC(CCCCN)C(=O)O)CC2)cc1. The van der Waals surface area contributed by atoms with Crippen LogP contribution in [0.4, 0.5) is 4.79 Å². The number of nitrogens with one attached hydrogen (secondary N) is 3. The fourth-order valence-electron chi connectivity index (χ4n) is 4.98. The number of sulfonamides is 1. The first-order valence-corrected chi connectivity index (χ1v) is 15.4. The number of carbonyl (C=O) groups excluding carboxylic acids is 2. The minimum Gasteiger partial charge on any atom is -0.480 e. The monoisotopic (exact) mass is 598 g/mol. The molecular weight excluding hydrogens is 560 g/mol. The number of amides is 3. The molecule has 2 heterocycles. The van der Waals surface area contributed by atoms with Crippen molar-refractivity contribution in [3.05, 3.63) is 65.9 Å². The molecule has 6 N–H and O–H groups in total. The number of para-hydroxylation sites is 1. The average molecular weight is 599 g/mol. The normalized spacial score (nSPS) is 15.7. The summed E-state index contributed by atoms with van der Waals surface area (Å²) in [5.74, 6) is -1.78. The molecule has 0 saturated carbocycles. The van der Waals surface area contributed by atoms with Crippen LogP contribution in [0.3, 0.4) is 0 Å². The van der Waals surface area contributed by atoms with Crippen LogP contribution in [-0.2, 0) is 26.0 Å². The van der Waals surface area contributed by atoms with Gasteiger partial charge in [-0.15, -0.1) is 0 Å². The number of aryl methyl sites for hydroxylation is 1. The number of carboxylic acids is 1. The van der Waals surface area contributed by atoms with Gasteiger partial charge >= 0.3 is 12.0 Å². The molecular formula is C29H38N6O6S. The number of unbranched alkanes of at least 4 members (excludes halogenated alkanes) is 1. The third-order valence-electron chi connectivity index (χ3n) is 7.46. The highest BCUT2D eigenvalue weighted by atomic mass is 32.2. The number of carbonyl (C=O) groups is 3. The van der Waals surface area contributed by atoms with Gasteiger partial charge in [0.05, 0.1) is 4.90 Å². The van der Waals surface area contributed by atoms with Crippen molar-refractivity contribution in [2.45, 2.75) is 49.6 Å². The van der Waals surface area contributed by atoms with Crippen molar-refractivity contribution < 1.29 is 27.9 Å². The second-order valence-electron chi connectivity index (χ2n) is 10.5. The van der Waals surface area contributed by atoms with Gasteiger partial charge in [-0.3, -0.25) is 4.79 Å². The molecule has 1 fully saturated rings. The number of piperazine rings is 1. The van der Waals surface area contributed by atoms with Crippen molar-refractivity contribution in [1.82, 2.24) is 24.8 Å². The molecule has 42 heavy (non-hydrogen) atoms. The maximum atomic E-state index is 13.4. The Labute approximate surface area is 245 Å². The lowest BCUT2D eigenvalue weighted by atomic mass is 10.0. The Balaban J connectivity index is 1.46. The molecule has 13 heteroatoms. The quantitative estimate of drug-likeness (QED) is 0.197. The van der Waals surface area contributed by atoms with E-state index in [1.807, 2.05) is 31.2 Å². The molecule has 2 atom stereocenters. The van der Waals surface area contributed by atoms with Crippen LogP contribution in [0.1, 0.15) is 30.4 Å². The summed E-state index contributed by atoms with van der Waals surface area (Å²) in [6.07, 6.45) is 3.26. The summed E-state index contributed by atoms with van der Waals surface area (Å²) >= 11 is 0.